The van der Waals surface area contributed by atoms with Crippen LogP contribution < -0.4 is 5.32 Å². The minimum absolute atomic E-state index is 0.0187. The van der Waals surface area contributed by atoms with Crippen LogP contribution in [0.4, 0.5) is 15.8 Å². The van der Waals surface area contributed by atoms with Crippen LogP contribution in [0.3, 0.4) is 0 Å². The Kier molecular flexibility index (Phi) is 5.01. The van der Waals surface area contributed by atoms with Crippen LogP contribution in [0.25, 0.3) is 0 Å². The lowest BCUT2D eigenvalue weighted by Gasteiger charge is -2.61. The average molecular weight is 479 g/mol. The van der Waals surface area contributed by atoms with Crippen molar-refractivity contribution in [2.75, 3.05) is 5.32 Å². The molecule has 35 heavy (non-hydrogen) atoms. The molecule has 1 N–H and O–H groups in total. The maximum Gasteiger partial charge on any atom is 0.307 e. The first kappa shape index (κ1) is 21.9. The molecule has 4 aliphatic rings. The van der Waals surface area contributed by atoms with Crippen molar-refractivity contribution in [1.82, 2.24) is 19.6 Å². The van der Waals surface area contributed by atoms with Crippen LogP contribution in [0.2, 0.25) is 0 Å². The summed E-state index contributed by atoms with van der Waals surface area (Å²) in [5.41, 5.74) is 1.23. The molecule has 0 aliphatic heterocycles. The van der Waals surface area contributed by atoms with Gasteiger partial charge in [0.2, 0.25) is 5.91 Å². The number of hydrogen-bond acceptors (Lipinski definition) is 5. The fraction of sp³-hybridized carbons (Fsp3) is 0.480. The molecule has 10 heteroatoms. The molecule has 0 spiro atoms. The number of nitro groups is 1. The summed E-state index contributed by atoms with van der Waals surface area (Å²) in [4.78, 5) is 24.0. The monoisotopic (exact) mass is 478 g/mol. The van der Waals surface area contributed by atoms with E-state index < -0.39 is 4.92 Å². The van der Waals surface area contributed by atoms with Gasteiger partial charge in [-0.3, -0.25) is 24.3 Å². The summed E-state index contributed by atoms with van der Waals surface area (Å²) in [6.45, 7) is 0.488. The predicted molar refractivity (Wildman–Crippen MR) is 125 cm³/mol. The zero-order chi connectivity index (χ0) is 24.2. The summed E-state index contributed by atoms with van der Waals surface area (Å²) < 4.78 is 16.7. The second-order valence-corrected chi connectivity index (χ2v) is 10.9. The molecule has 2 heterocycles. The third-order valence-corrected chi connectivity index (χ3v) is 8.13. The zero-order valence-electron chi connectivity index (χ0n) is 19.3. The number of nitrogens with zero attached hydrogens (tertiary/aromatic N) is 5. The Morgan fingerprint density at radius 1 is 1.11 bits per heavy atom. The van der Waals surface area contributed by atoms with Crippen molar-refractivity contribution in [3.05, 3.63) is 70.5 Å². The van der Waals surface area contributed by atoms with E-state index in [4.69, 9.17) is 0 Å². The first-order valence-electron chi connectivity index (χ1n) is 12.1. The van der Waals surface area contributed by atoms with Crippen LogP contribution >= 0.6 is 0 Å². The fourth-order valence-electron chi connectivity index (χ4n) is 7.38. The zero-order valence-corrected chi connectivity index (χ0v) is 19.3. The minimum Gasteiger partial charge on any atom is -0.323 e. The summed E-state index contributed by atoms with van der Waals surface area (Å²) >= 11 is 0. The second-order valence-electron chi connectivity index (χ2n) is 10.9. The lowest BCUT2D eigenvalue weighted by atomic mass is 9.46. The fourth-order valence-corrected chi connectivity index (χ4v) is 7.38. The number of carbonyl (C=O) groups is 1. The van der Waals surface area contributed by atoms with Gasteiger partial charge in [-0.2, -0.15) is 10.2 Å². The van der Waals surface area contributed by atoms with Gasteiger partial charge in [-0.05, 0) is 73.5 Å². The van der Waals surface area contributed by atoms with Gasteiger partial charge in [0.25, 0.3) is 0 Å². The van der Waals surface area contributed by atoms with Gasteiger partial charge >= 0.3 is 5.69 Å². The minimum atomic E-state index is -0.399. The number of rotatable bonds is 7. The highest BCUT2D eigenvalue weighted by molar-refractivity contribution is 5.90. The first-order valence-corrected chi connectivity index (χ1v) is 12.1. The highest BCUT2D eigenvalue weighted by Gasteiger charge is 2.59. The lowest BCUT2D eigenvalue weighted by Crippen LogP contribution is -2.57. The number of anilines is 1. The molecule has 4 aliphatic carbocycles. The lowest BCUT2D eigenvalue weighted by molar-refractivity contribution is -0.385. The Bertz CT molecular complexity index is 1270. The molecule has 2 unspecified atom stereocenters. The molecule has 1 aromatic carbocycles. The average Bonchev–Trinajstić information content (AvgIpc) is 3.44. The molecule has 7 rings (SSSR count). The summed E-state index contributed by atoms with van der Waals surface area (Å²) in [7, 11) is 0. The van der Waals surface area contributed by atoms with Gasteiger partial charge in [0.1, 0.15) is 18.2 Å². The van der Waals surface area contributed by atoms with Crippen LogP contribution in [0.5, 0.6) is 0 Å². The number of halogens is 1. The molecule has 3 aromatic rings. The molecular formula is C25H27FN6O3. The molecule has 1 amide bonds. The van der Waals surface area contributed by atoms with E-state index in [1.807, 2.05) is 4.68 Å². The van der Waals surface area contributed by atoms with E-state index in [1.54, 1.807) is 35.4 Å². The Balaban J connectivity index is 1.15. The topological polar surface area (TPSA) is 108 Å². The molecule has 2 atom stereocenters. The van der Waals surface area contributed by atoms with E-state index in [0.717, 1.165) is 37.7 Å². The van der Waals surface area contributed by atoms with Gasteiger partial charge in [-0.25, -0.2) is 4.39 Å². The van der Waals surface area contributed by atoms with Gasteiger partial charge in [-0.1, -0.05) is 12.1 Å². The number of nitrogens with one attached hydrogen (secondary N) is 1. The van der Waals surface area contributed by atoms with Crippen LogP contribution in [0, 0.1) is 33.2 Å². The largest absolute Gasteiger partial charge is 0.323 e. The normalized spacial score (nSPS) is 28.8. The Labute approximate surface area is 201 Å². The maximum absolute atomic E-state index is 13.1. The first-order chi connectivity index (χ1) is 16.8. The quantitative estimate of drug-likeness (QED) is 0.397. The summed E-state index contributed by atoms with van der Waals surface area (Å²) in [6, 6.07) is 6.27. The standard InChI is InChI=1S/C25H27FN6O3/c26-20-3-1-17(2-4-20)13-30-14-21(11-27-30)29-23(33)10-24-6-18-5-19(7-24)9-25(8-18,16-24)31-15-22(12-28-31)32(34)35/h1-4,11-12,14-15,18-19H,5-10,13,16H2,(H,29,33). The van der Waals surface area contributed by atoms with Crippen molar-refractivity contribution in [1.29, 1.82) is 0 Å². The summed E-state index contributed by atoms with van der Waals surface area (Å²) in [6.07, 6.45) is 12.7. The Morgan fingerprint density at radius 3 is 2.54 bits per heavy atom. The van der Waals surface area contributed by atoms with E-state index in [0.29, 0.717) is 30.5 Å². The third-order valence-electron chi connectivity index (χ3n) is 8.13. The number of amides is 1. The van der Waals surface area contributed by atoms with Crippen molar-refractivity contribution in [2.24, 2.45) is 17.3 Å². The Morgan fingerprint density at radius 2 is 1.86 bits per heavy atom. The molecule has 4 bridgehead atoms. The molecule has 0 saturated heterocycles. The molecule has 9 nitrogen and oxygen atoms in total. The molecule has 2 aromatic heterocycles. The summed E-state index contributed by atoms with van der Waals surface area (Å²) in [5.74, 6) is 0.728. The van der Waals surface area contributed by atoms with Crippen LogP contribution in [-0.2, 0) is 16.9 Å². The van der Waals surface area contributed by atoms with E-state index in [-0.39, 0.29) is 28.4 Å². The van der Waals surface area contributed by atoms with Gasteiger partial charge < -0.3 is 5.32 Å². The number of benzene rings is 1. The summed E-state index contributed by atoms with van der Waals surface area (Å²) in [5, 5.41) is 22.9. The van der Waals surface area contributed by atoms with Gasteiger partial charge in [0.15, 0.2) is 0 Å². The smallest absolute Gasteiger partial charge is 0.307 e. The maximum atomic E-state index is 13.1. The number of carbonyl (C=O) groups excluding carboxylic acids is 1. The van der Waals surface area contributed by atoms with E-state index in [2.05, 4.69) is 15.5 Å². The number of hydrogen-bond donors (Lipinski definition) is 1. The predicted octanol–water partition coefficient (Wildman–Crippen LogP) is 4.50. The second kappa shape index (κ2) is 8.00. The van der Waals surface area contributed by atoms with Crippen molar-refractivity contribution in [3.8, 4) is 0 Å². The van der Waals surface area contributed by atoms with Crippen molar-refractivity contribution >= 4 is 17.3 Å². The Hall–Kier alpha value is -3.56. The molecular weight excluding hydrogens is 451 g/mol. The van der Waals surface area contributed by atoms with E-state index >= 15 is 0 Å². The van der Waals surface area contributed by atoms with Gasteiger partial charge in [-0.15, -0.1) is 0 Å². The van der Waals surface area contributed by atoms with Gasteiger partial charge in [0.05, 0.1) is 28.9 Å². The van der Waals surface area contributed by atoms with Crippen LogP contribution in [0.15, 0.2) is 49.1 Å². The van der Waals surface area contributed by atoms with E-state index in [9.17, 15) is 19.3 Å². The van der Waals surface area contributed by atoms with Crippen molar-refractivity contribution in [3.63, 3.8) is 0 Å². The SMILES string of the molecule is O=C(CC12CC3CC(C1)CC(n1cc([N+](=O)[O-])cn1)(C3)C2)Nc1cnn(Cc2ccc(F)cc2)c1. The molecule has 182 valence electrons. The van der Waals surface area contributed by atoms with Crippen LogP contribution in [-0.4, -0.2) is 30.4 Å². The molecule has 4 fully saturated rings. The van der Waals surface area contributed by atoms with Gasteiger partial charge in [0, 0.05) is 12.6 Å². The van der Waals surface area contributed by atoms with Crippen molar-refractivity contribution < 1.29 is 14.1 Å². The van der Waals surface area contributed by atoms with Crippen LogP contribution in [0.1, 0.15) is 50.5 Å². The molecule has 4 saturated carbocycles. The highest BCUT2D eigenvalue weighted by atomic mass is 19.1. The van der Waals surface area contributed by atoms with Crippen molar-refractivity contribution in [2.45, 2.75) is 57.0 Å². The molecule has 0 radical (unpaired) electrons. The highest BCUT2D eigenvalue weighted by Crippen LogP contribution is 2.65. The van der Waals surface area contributed by atoms with E-state index in [1.165, 1.54) is 24.8 Å². The third kappa shape index (κ3) is 4.11. The number of aromatic nitrogens is 4.